The van der Waals surface area contributed by atoms with E-state index in [2.05, 4.69) is 10.3 Å². The lowest BCUT2D eigenvalue weighted by atomic mass is 10.2. The molecule has 0 saturated carbocycles. The number of carbonyl (C=O) groups excluding carboxylic acids is 3. The molecule has 1 saturated heterocycles. The van der Waals surface area contributed by atoms with E-state index in [0.29, 0.717) is 0 Å². The maximum atomic E-state index is 12.8. The van der Waals surface area contributed by atoms with E-state index in [1.165, 1.54) is 18.2 Å². The van der Waals surface area contributed by atoms with Crippen molar-refractivity contribution in [3.63, 3.8) is 0 Å². The van der Waals surface area contributed by atoms with Crippen molar-refractivity contribution < 1.29 is 19.1 Å². The molecule has 0 aliphatic carbocycles. The zero-order valence-electron chi connectivity index (χ0n) is 16.5. The van der Waals surface area contributed by atoms with Gasteiger partial charge in [-0.15, -0.1) is 0 Å². The number of carbonyl (C=O) groups is 3. The van der Waals surface area contributed by atoms with E-state index in [1.807, 2.05) is 0 Å². The highest BCUT2D eigenvalue weighted by Crippen LogP contribution is 2.28. The van der Waals surface area contributed by atoms with Gasteiger partial charge in [0.15, 0.2) is 0 Å². The molecule has 29 heavy (non-hydrogen) atoms. The number of rotatable bonds is 2. The lowest BCUT2D eigenvalue weighted by Gasteiger charge is -2.27. The fourth-order valence-electron chi connectivity index (χ4n) is 2.38. The number of benzene rings is 1. The minimum atomic E-state index is -0.892. The topological polar surface area (TPSA) is 115 Å². The van der Waals surface area contributed by atoms with E-state index in [1.54, 1.807) is 34.6 Å². The molecule has 1 aromatic rings. The molecule has 156 valence electrons. The summed E-state index contributed by atoms with van der Waals surface area (Å²) in [5, 5.41) is 11.1. The second-order valence-electron chi connectivity index (χ2n) is 7.40. The highest BCUT2D eigenvalue weighted by Gasteiger charge is 2.38. The molecule has 3 amide bonds. The number of hydrogen-bond donors (Lipinski definition) is 2. The predicted octanol–water partition coefficient (Wildman–Crippen LogP) is 3.39. The number of nitrogens with zero attached hydrogens (tertiary/aromatic N) is 3. The Morgan fingerprint density at radius 2 is 1.86 bits per heavy atom. The molecule has 11 heteroatoms. The summed E-state index contributed by atoms with van der Waals surface area (Å²) in [5.74, 6) is -2.42. The molecule has 0 atom stereocenters. The summed E-state index contributed by atoms with van der Waals surface area (Å²) < 4.78 is 5.36. The summed E-state index contributed by atoms with van der Waals surface area (Å²) >= 11 is 12.0. The van der Waals surface area contributed by atoms with Gasteiger partial charge in [-0.1, -0.05) is 23.2 Å². The summed E-state index contributed by atoms with van der Waals surface area (Å²) in [4.78, 5) is 42.4. The molecule has 1 fully saturated rings. The Hall–Kier alpha value is -2.65. The van der Waals surface area contributed by atoms with Gasteiger partial charge in [-0.3, -0.25) is 25.2 Å². The SMILES string of the molecule is CC(C)N1C(=O)C(=O)NC1=NC(=N)N(C(=O)OC(C)(C)C)c1ccc(Cl)c(Cl)c1. The van der Waals surface area contributed by atoms with Gasteiger partial charge in [-0.05, 0) is 52.8 Å². The fraction of sp³-hybridized carbons (Fsp3) is 0.389. The number of hydrogen-bond acceptors (Lipinski definition) is 5. The molecule has 1 aromatic carbocycles. The highest BCUT2D eigenvalue weighted by molar-refractivity contribution is 6.46. The lowest BCUT2D eigenvalue weighted by molar-refractivity contribution is -0.140. The molecule has 0 radical (unpaired) electrons. The van der Waals surface area contributed by atoms with E-state index >= 15 is 0 Å². The smallest absolute Gasteiger partial charge is 0.421 e. The van der Waals surface area contributed by atoms with Crippen molar-refractivity contribution in [2.45, 2.75) is 46.3 Å². The molecule has 0 spiro atoms. The van der Waals surface area contributed by atoms with Gasteiger partial charge in [0.1, 0.15) is 5.60 Å². The van der Waals surface area contributed by atoms with E-state index < -0.39 is 35.5 Å². The van der Waals surface area contributed by atoms with Gasteiger partial charge in [0.25, 0.3) is 0 Å². The number of nitrogens with one attached hydrogen (secondary N) is 2. The molecule has 0 unspecified atom stereocenters. The number of anilines is 1. The Morgan fingerprint density at radius 1 is 1.24 bits per heavy atom. The first-order valence-corrected chi connectivity index (χ1v) is 9.37. The number of halogens is 2. The lowest BCUT2D eigenvalue weighted by Crippen LogP contribution is -2.43. The van der Waals surface area contributed by atoms with Gasteiger partial charge in [-0.2, -0.15) is 4.99 Å². The first-order valence-electron chi connectivity index (χ1n) is 8.61. The molecular weight excluding hydrogens is 421 g/mol. The standard InChI is InChI=1S/C18H21Cl2N5O4/c1-9(2)24-14(27)13(26)22-16(24)23-15(21)25(17(28)29-18(3,4)5)10-6-7-11(19)12(20)8-10/h6-9H,1-5H3,(H2,21,22,23,26). The summed E-state index contributed by atoms with van der Waals surface area (Å²) in [6.45, 7) is 8.38. The largest absolute Gasteiger partial charge is 0.443 e. The van der Waals surface area contributed by atoms with Crippen LogP contribution < -0.4 is 10.2 Å². The van der Waals surface area contributed by atoms with Crippen LogP contribution >= 0.6 is 23.2 Å². The van der Waals surface area contributed by atoms with Crippen LogP contribution in [-0.2, 0) is 14.3 Å². The van der Waals surface area contributed by atoms with Crippen LogP contribution in [0.3, 0.4) is 0 Å². The number of guanidine groups is 2. The zero-order valence-corrected chi connectivity index (χ0v) is 18.1. The van der Waals surface area contributed by atoms with Crippen LogP contribution in [0.25, 0.3) is 0 Å². The molecule has 2 rings (SSSR count). The van der Waals surface area contributed by atoms with Gasteiger partial charge < -0.3 is 4.74 Å². The number of amides is 3. The van der Waals surface area contributed by atoms with Crippen LogP contribution in [0.5, 0.6) is 0 Å². The summed E-state index contributed by atoms with van der Waals surface area (Å²) in [6.07, 6.45) is -0.892. The predicted molar refractivity (Wildman–Crippen MR) is 110 cm³/mol. The van der Waals surface area contributed by atoms with Gasteiger partial charge in [0, 0.05) is 6.04 Å². The van der Waals surface area contributed by atoms with Gasteiger partial charge in [-0.25, -0.2) is 9.69 Å². The minimum absolute atomic E-state index is 0.159. The van der Waals surface area contributed by atoms with E-state index in [-0.39, 0.29) is 21.7 Å². The quantitative estimate of drug-likeness (QED) is 0.415. The fourth-order valence-corrected chi connectivity index (χ4v) is 2.67. The van der Waals surface area contributed by atoms with E-state index in [9.17, 15) is 14.4 Å². The third-order valence-electron chi connectivity index (χ3n) is 3.54. The van der Waals surface area contributed by atoms with Crippen molar-refractivity contribution in [3.8, 4) is 0 Å². The molecular formula is C18H21Cl2N5O4. The Bertz CT molecular complexity index is 908. The first-order chi connectivity index (χ1) is 13.3. The van der Waals surface area contributed by atoms with E-state index in [4.69, 9.17) is 33.3 Å². The third-order valence-corrected chi connectivity index (χ3v) is 4.28. The summed E-state index contributed by atoms with van der Waals surface area (Å²) in [7, 11) is 0. The second kappa shape index (κ2) is 8.38. The molecule has 1 aliphatic heterocycles. The van der Waals surface area contributed by atoms with Crippen molar-refractivity contribution in [1.82, 2.24) is 10.2 Å². The van der Waals surface area contributed by atoms with Crippen LogP contribution in [0.15, 0.2) is 23.2 Å². The Morgan fingerprint density at radius 3 is 2.38 bits per heavy atom. The van der Waals surface area contributed by atoms with Crippen molar-refractivity contribution >= 4 is 58.7 Å². The van der Waals surface area contributed by atoms with Crippen LogP contribution in [-0.4, -0.2) is 46.4 Å². The highest BCUT2D eigenvalue weighted by atomic mass is 35.5. The maximum Gasteiger partial charge on any atom is 0.421 e. The molecule has 1 aliphatic rings. The minimum Gasteiger partial charge on any atom is -0.443 e. The second-order valence-corrected chi connectivity index (χ2v) is 8.21. The number of ether oxygens (including phenoxy) is 1. The van der Waals surface area contributed by atoms with Gasteiger partial charge >= 0.3 is 17.9 Å². The Labute approximate surface area is 178 Å². The molecule has 9 nitrogen and oxygen atoms in total. The Balaban J connectivity index is 2.48. The monoisotopic (exact) mass is 441 g/mol. The molecule has 2 N–H and O–H groups in total. The van der Waals surface area contributed by atoms with Crippen molar-refractivity contribution in [3.05, 3.63) is 28.2 Å². The normalized spacial score (nSPS) is 15.7. The molecule has 1 heterocycles. The number of aliphatic imine (C=N–C) groups is 1. The van der Waals surface area contributed by atoms with Crippen molar-refractivity contribution in [2.75, 3.05) is 4.90 Å². The van der Waals surface area contributed by atoms with Gasteiger partial charge in [0.05, 0.1) is 15.7 Å². The van der Waals surface area contributed by atoms with Crippen LogP contribution in [0.1, 0.15) is 34.6 Å². The summed E-state index contributed by atoms with van der Waals surface area (Å²) in [5.41, 5.74) is -0.671. The van der Waals surface area contributed by atoms with Crippen molar-refractivity contribution in [1.29, 1.82) is 5.41 Å². The summed E-state index contributed by atoms with van der Waals surface area (Å²) in [6, 6.07) is 3.90. The third kappa shape index (κ3) is 5.24. The Kier molecular flexibility index (Phi) is 6.54. The zero-order chi connectivity index (χ0) is 22.1. The average Bonchev–Trinajstić information content (AvgIpc) is 2.83. The van der Waals surface area contributed by atoms with Crippen LogP contribution in [0, 0.1) is 5.41 Å². The first kappa shape index (κ1) is 22.6. The van der Waals surface area contributed by atoms with E-state index in [0.717, 1.165) is 9.80 Å². The molecule has 0 bridgehead atoms. The van der Waals surface area contributed by atoms with Crippen molar-refractivity contribution in [2.24, 2.45) is 4.99 Å². The van der Waals surface area contributed by atoms with Gasteiger partial charge in [0.2, 0.25) is 11.9 Å². The van der Waals surface area contributed by atoms with Crippen LogP contribution in [0.4, 0.5) is 10.5 Å². The molecule has 0 aromatic heterocycles. The maximum absolute atomic E-state index is 12.8. The average molecular weight is 442 g/mol. The van der Waals surface area contributed by atoms with Crippen LogP contribution in [0.2, 0.25) is 10.0 Å².